The summed E-state index contributed by atoms with van der Waals surface area (Å²) in [6.07, 6.45) is -0.352. The third-order valence-corrected chi connectivity index (χ3v) is 3.38. The number of carbonyl (C=O) groups excluding carboxylic acids is 1. The van der Waals surface area contributed by atoms with Gasteiger partial charge in [-0.05, 0) is 6.07 Å². The number of hydrogen-bond acceptors (Lipinski definition) is 2. The molecule has 1 unspecified atom stereocenters. The molecule has 0 saturated carbocycles. The van der Waals surface area contributed by atoms with Crippen molar-refractivity contribution in [2.24, 2.45) is 0 Å². The molecule has 1 aliphatic rings. The van der Waals surface area contributed by atoms with Crippen LogP contribution in [-0.2, 0) is 16.0 Å². The zero-order valence-electron chi connectivity index (χ0n) is 10.2. The molecule has 1 atom stereocenters. The topological polar surface area (TPSA) is 29.5 Å². The minimum atomic E-state index is -0.960. The van der Waals surface area contributed by atoms with E-state index >= 15 is 0 Å². The molecule has 6 heteroatoms. The molecule has 1 heterocycles. The second-order valence-corrected chi connectivity index (χ2v) is 4.69. The summed E-state index contributed by atoms with van der Waals surface area (Å²) >= 11 is 5.68. The average molecular weight is 290 g/mol. The summed E-state index contributed by atoms with van der Waals surface area (Å²) in [5.41, 5.74) is 0.0684. The van der Waals surface area contributed by atoms with Crippen molar-refractivity contribution >= 4 is 17.5 Å². The fourth-order valence-corrected chi connectivity index (χ4v) is 2.19. The molecule has 1 fully saturated rings. The zero-order chi connectivity index (χ0) is 13.8. The third-order valence-electron chi connectivity index (χ3n) is 3.04. The summed E-state index contributed by atoms with van der Waals surface area (Å²) in [4.78, 5) is 13.6. The SMILES string of the molecule is O=C(Cc1cccc(F)c1F)N1CCOC(CCl)C1. The number of carbonyl (C=O) groups is 1. The highest BCUT2D eigenvalue weighted by Gasteiger charge is 2.24. The molecule has 0 aromatic heterocycles. The normalized spacial score (nSPS) is 19.5. The van der Waals surface area contributed by atoms with Gasteiger partial charge in [-0.3, -0.25) is 4.79 Å². The van der Waals surface area contributed by atoms with Crippen molar-refractivity contribution in [3.63, 3.8) is 0 Å². The van der Waals surface area contributed by atoms with Crippen LogP contribution in [0, 0.1) is 11.6 Å². The van der Waals surface area contributed by atoms with Gasteiger partial charge in [0.1, 0.15) is 0 Å². The number of amides is 1. The lowest BCUT2D eigenvalue weighted by Crippen LogP contribution is -2.46. The van der Waals surface area contributed by atoms with E-state index in [2.05, 4.69) is 0 Å². The van der Waals surface area contributed by atoms with E-state index in [0.29, 0.717) is 25.6 Å². The summed E-state index contributed by atoms with van der Waals surface area (Å²) in [7, 11) is 0. The van der Waals surface area contributed by atoms with Gasteiger partial charge >= 0.3 is 0 Å². The van der Waals surface area contributed by atoms with Gasteiger partial charge in [0, 0.05) is 18.7 Å². The second-order valence-electron chi connectivity index (χ2n) is 4.38. The summed E-state index contributed by atoms with van der Waals surface area (Å²) in [5, 5.41) is 0. The van der Waals surface area contributed by atoms with Crippen molar-refractivity contribution in [3.8, 4) is 0 Å². The van der Waals surface area contributed by atoms with Gasteiger partial charge in [-0.2, -0.15) is 0 Å². The van der Waals surface area contributed by atoms with Crippen LogP contribution >= 0.6 is 11.6 Å². The lowest BCUT2D eigenvalue weighted by atomic mass is 10.1. The molecule has 1 aliphatic heterocycles. The van der Waals surface area contributed by atoms with Crippen molar-refractivity contribution in [3.05, 3.63) is 35.4 Å². The molecule has 0 N–H and O–H groups in total. The zero-order valence-corrected chi connectivity index (χ0v) is 11.0. The molecule has 104 valence electrons. The number of alkyl halides is 1. The highest BCUT2D eigenvalue weighted by Crippen LogP contribution is 2.14. The van der Waals surface area contributed by atoms with Crippen molar-refractivity contribution < 1.29 is 18.3 Å². The molecule has 1 aromatic rings. The van der Waals surface area contributed by atoms with Gasteiger partial charge < -0.3 is 9.64 Å². The molecule has 3 nitrogen and oxygen atoms in total. The molecule has 1 aromatic carbocycles. The first-order chi connectivity index (χ1) is 9.11. The van der Waals surface area contributed by atoms with Gasteiger partial charge in [0.15, 0.2) is 11.6 Å². The third kappa shape index (κ3) is 3.42. The van der Waals surface area contributed by atoms with E-state index in [9.17, 15) is 13.6 Å². The standard InChI is InChI=1S/C13H14ClF2NO2/c14-7-10-8-17(4-5-19-10)12(18)6-9-2-1-3-11(15)13(9)16/h1-3,10H,4-8H2. The van der Waals surface area contributed by atoms with Gasteiger partial charge in [0.05, 0.1) is 25.0 Å². The van der Waals surface area contributed by atoms with E-state index in [0.717, 1.165) is 6.07 Å². The van der Waals surface area contributed by atoms with E-state index in [-0.39, 0.29) is 24.0 Å². The summed E-state index contributed by atoms with van der Waals surface area (Å²) < 4.78 is 31.9. The van der Waals surface area contributed by atoms with Gasteiger partial charge in [0.2, 0.25) is 5.91 Å². The highest BCUT2D eigenvalue weighted by atomic mass is 35.5. The lowest BCUT2D eigenvalue weighted by Gasteiger charge is -2.32. The molecule has 0 aliphatic carbocycles. The number of nitrogens with zero attached hydrogens (tertiary/aromatic N) is 1. The van der Waals surface area contributed by atoms with Crippen LogP contribution in [0.5, 0.6) is 0 Å². The van der Waals surface area contributed by atoms with Crippen LogP contribution in [0.2, 0.25) is 0 Å². The summed E-state index contributed by atoms with van der Waals surface area (Å²) in [6.45, 7) is 1.25. The molecule has 1 amide bonds. The van der Waals surface area contributed by atoms with Crippen LogP contribution in [0.25, 0.3) is 0 Å². The van der Waals surface area contributed by atoms with E-state index in [4.69, 9.17) is 16.3 Å². The largest absolute Gasteiger partial charge is 0.373 e. The Morgan fingerprint density at radius 2 is 2.26 bits per heavy atom. The van der Waals surface area contributed by atoms with Crippen LogP contribution in [-0.4, -0.2) is 42.5 Å². The van der Waals surface area contributed by atoms with E-state index in [1.165, 1.54) is 12.1 Å². The fraction of sp³-hybridized carbons (Fsp3) is 0.462. The Bertz CT molecular complexity index is 470. The smallest absolute Gasteiger partial charge is 0.227 e. The predicted octanol–water partition coefficient (Wildman–Crippen LogP) is 1.97. The lowest BCUT2D eigenvalue weighted by molar-refractivity contribution is -0.137. The number of benzene rings is 1. The van der Waals surface area contributed by atoms with Crippen molar-refractivity contribution in [2.45, 2.75) is 12.5 Å². The minimum absolute atomic E-state index is 0.0684. The quantitative estimate of drug-likeness (QED) is 0.796. The minimum Gasteiger partial charge on any atom is -0.373 e. The summed E-state index contributed by atoms with van der Waals surface area (Å²) in [5.74, 6) is -1.84. The molecule has 0 radical (unpaired) electrons. The Hall–Kier alpha value is -1.20. The Morgan fingerprint density at radius 1 is 1.47 bits per heavy atom. The Kier molecular flexibility index (Phi) is 4.71. The Balaban J connectivity index is 2.02. The molecule has 19 heavy (non-hydrogen) atoms. The van der Waals surface area contributed by atoms with Gasteiger partial charge in [-0.15, -0.1) is 11.6 Å². The fourth-order valence-electron chi connectivity index (χ4n) is 2.00. The second kappa shape index (κ2) is 6.30. The molecular formula is C13H14ClF2NO2. The monoisotopic (exact) mass is 289 g/mol. The summed E-state index contributed by atoms with van der Waals surface area (Å²) in [6, 6.07) is 3.83. The molecule has 0 spiro atoms. The van der Waals surface area contributed by atoms with E-state index in [1.54, 1.807) is 4.90 Å². The van der Waals surface area contributed by atoms with Gasteiger partial charge in [-0.25, -0.2) is 8.78 Å². The van der Waals surface area contributed by atoms with Crippen LogP contribution in [0.3, 0.4) is 0 Å². The van der Waals surface area contributed by atoms with Crippen molar-refractivity contribution in [1.82, 2.24) is 4.90 Å². The number of hydrogen-bond donors (Lipinski definition) is 0. The van der Waals surface area contributed by atoms with Gasteiger partial charge in [0.25, 0.3) is 0 Å². The number of morpholine rings is 1. The Labute approximate surface area is 115 Å². The predicted molar refractivity (Wildman–Crippen MR) is 67.1 cm³/mol. The molecular weight excluding hydrogens is 276 g/mol. The van der Waals surface area contributed by atoms with Crippen LogP contribution in [0.1, 0.15) is 5.56 Å². The first-order valence-electron chi connectivity index (χ1n) is 6.00. The Morgan fingerprint density at radius 3 is 3.00 bits per heavy atom. The van der Waals surface area contributed by atoms with Crippen LogP contribution in [0.4, 0.5) is 8.78 Å². The van der Waals surface area contributed by atoms with E-state index in [1.807, 2.05) is 0 Å². The average Bonchev–Trinajstić information content (AvgIpc) is 2.44. The highest BCUT2D eigenvalue weighted by molar-refractivity contribution is 6.18. The van der Waals surface area contributed by atoms with Crippen LogP contribution < -0.4 is 0 Å². The van der Waals surface area contributed by atoms with Crippen molar-refractivity contribution in [2.75, 3.05) is 25.6 Å². The maximum atomic E-state index is 13.5. The van der Waals surface area contributed by atoms with Crippen LogP contribution in [0.15, 0.2) is 18.2 Å². The maximum Gasteiger partial charge on any atom is 0.227 e. The maximum absolute atomic E-state index is 13.5. The number of ether oxygens (including phenoxy) is 1. The van der Waals surface area contributed by atoms with Gasteiger partial charge in [-0.1, -0.05) is 12.1 Å². The number of rotatable bonds is 3. The first-order valence-corrected chi connectivity index (χ1v) is 6.53. The molecule has 0 bridgehead atoms. The first kappa shape index (κ1) is 14.2. The molecule has 2 rings (SSSR count). The van der Waals surface area contributed by atoms with E-state index < -0.39 is 11.6 Å². The van der Waals surface area contributed by atoms with Crippen molar-refractivity contribution in [1.29, 1.82) is 0 Å². The molecule has 1 saturated heterocycles. The number of halogens is 3.